The van der Waals surface area contributed by atoms with Crippen LogP contribution in [-0.4, -0.2) is 19.3 Å². The molecule has 6 nitrogen and oxygen atoms in total. The maximum Gasteiger partial charge on any atom is 0.266 e. The maximum atomic E-state index is 12.9. The monoisotopic (exact) mass is 365 g/mol. The summed E-state index contributed by atoms with van der Waals surface area (Å²) in [6.45, 7) is 0.850. The standard InChI is InChI=1S/C19H16ClN5O/c20-15-8-4-7-14(9-15)10-24-12-22-18-16(19(24)26)17(21)25(23-18)11-13-5-2-1-3-6-13/h1-9,12H,10-11,21H2. The zero-order chi connectivity index (χ0) is 18.1. The maximum absolute atomic E-state index is 12.9. The number of hydrogen-bond acceptors (Lipinski definition) is 4. The van der Waals surface area contributed by atoms with Gasteiger partial charge in [0.2, 0.25) is 0 Å². The summed E-state index contributed by atoms with van der Waals surface area (Å²) in [5, 5.41) is 5.34. The lowest BCUT2D eigenvalue weighted by molar-refractivity contribution is 0.702. The third-order valence-corrected chi connectivity index (χ3v) is 4.42. The number of rotatable bonds is 4. The fourth-order valence-corrected chi connectivity index (χ4v) is 3.11. The van der Waals surface area contributed by atoms with Crippen molar-refractivity contribution in [3.8, 4) is 0 Å². The smallest absolute Gasteiger partial charge is 0.266 e. The van der Waals surface area contributed by atoms with Crippen molar-refractivity contribution in [3.63, 3.8) is 0 Å². The van der Waals surface area contributed by atoms with Gasteiger partial charge in [0.05, 0.1) is 13.1 Å². The van der Waals surface area contributed by atoms with Gasteiger partial charge in [-0.15, -0.1) is 5.10 Å². The van der Waals surface area contributed by atoms with E-state index in [1.54, 1.807) is 10.7 Å². The minimum absolute atomic E-state index is 0.216. The average molecular weight is 366 g/mol. The van der Waals surface area contributed by atoms with Crippen LogP contribution < -0.4 is 11.3 Å². The third kappa shape index (κ3) is 3.07. The summed E-state index contributed by atoms with van der Waals surface area (Å²) in [6, 6.07) is 17.2. The number of fused-ring (bicyclic) bond motifs is 1. The summed E-state index contributed by atoms with van der Waals surface area (Å²) < 4.78 is 3.12. The largest absolute Gasteiger partial charge is 0.383 e. The van der Waals surface area contributed by atoms with Crippen molar-refractivity contribution in [2.75, 3.05) is 5.73 Å². The number of halogens is 1. The van der Waals surface area contributed by atoms with Gasteiger partial charge in [-0.3, -0.25) is 9.36 Å². The highest BCUT2D eigenvalue weighted by atomic mass is 35.5. The normalized spacial score (nSPS) is 11.1. The Morgan fingerprint density at radius 2 is 1.77 bits per heavy atom. The van der Waals surface area contributed by atoms with Gasteiger partial charge in [0, 0.05) is 5.02 Å². The lowest BCUT2D eigenvalue weighted by atomic mass is 10.2. The highest BCUT2D eigenvalue weighted by molar-refractivity contribution is 6.30. The zero-order valence-corrected chi connectivity index (χ0v) is 14.6. The Bertz CT molecular complexity index is 1130. The van der Waals surface area contributed by atoms with Crippen molar-refractivity contribution < 1.29 is 0 Å². The highest BCUT2D eigenvalue weighted by Gasteiger charge is 2.15. The Balaban J connectivity index is 1.73. The molecular weight excluding hydrogens is 350 g/mol. The number of nitrogen functional groups attached to an aromatic ring is 1. The van der Waals surface area contributed by atoms with Crippen LogP contribution in [0.25, 0.3) is 11.0 Å². The van der Waals surface area contributed by atoms with E-state index in [1.165, 1.54) is 10.9 Å². The lowest BCUT2D eigenvalue weighted by Crippen LogP contribution is -2.21. The Labute approximate surface area is 154 Å². The molecule has 0 amide bonds. The summed E-state index contributed by atoms with van der Waals surface area (Å²) in [5.74, 6) is 0.321. The van der Waals surface area contributed by atoms with E-state index < -0.39 is 0 Å². The van der Waals surface area contributed by atoms with Crippen LogP contribution in [0, 0.1) is 0 Å². The molecule has 130 valence electrons. The van der Waals surface area contributed by atoms with Crippen molar-refractivity contribution >= 4 is 28.5 Å². The first-order chi connectivity index (χ1) is 12.6. The number of nitrogens with two attached hydrogens (primary N) is 1. The van der Waals surface area contributed by atoms with Gasteiger partial charge >= 0.3 is 0 Å². The molecule has 2 aromatic carbocycles. The van der Waals surface area contributed by atoms with Crippen molar-refractivity contribution in [2.24, 2.45) is 0 Å². The molecule has 0 atom stereocenters. The second-order valence-electron chi connectivity index (χ2n) is 6.03. The number of benzene rings is 2. The Morgan fingerprint density at radius 3 is 2.54 bits per heavy atom. The zero-order valence-electron chi connectivity index (χ0n) is 13.8. The van der Waals surface area contributed by atoms with E-state index in [4.69, 9.17) is 17.3 Å². The van der Waals surface area contributed by atoms with Gasteiger partial charge in [-0.25, -0.2) is 9.67 Å². The molecular formula is C19H16ClN5O. The Hall–Kier alpha value is -3.12. The molecule has 2 aromatic heterocycles. The van der Waals surface area contributed by atoms with Gasteiger partial charge in [-0.2, -0.15) is 0 Å². The molecule has 0 aliphatic carbocycles. The van der Waals surface area contributed by atoms with Crippen molar-refractivity contribution in [1.29, 1.82) is 0 Å². The molecule has 0 bridgehead atoms. The fraction of sp³-hybridized carbons (Fsp3) is 0.105. The molecule has 0 unspecified atom stereocenters. The van der Waals surface area contributed by atoms with Crippen LogP contribution in [0.3, 0.4) is 0 Å². The predicted molar refractivity (Wildman–Crippen MR) is 102 cm³/mol. The summed E-state index contributed by atoms with van der Waals surface area (Å²) in [4.78, 5) is 17.2. The van der Waals surface area contributed by atoms with Gasteiger partial charge in [-0.05, 0) is 23.3 Å². The molecule has 7 heteroatoms. The first kappa shape index (κ1) is 16.4. The highest BCUT2D eigenvalue weighted by Crippen LogP contribution is 2.17. The molecule has 0 saturated carbocycles. The molecule has 2 heterocycles. The molecule has 0 spiro atoms. The first-order valence-electron chi connectivity index (χ1n) is 8.11. The molecule has 0 aliphatic rings. The van der Waals surface area contributed by atoms with E-state index in [0.29, 0.717) is 35.0 Å². The van der Waals surface area contributed by atoms with Crippen LogP contribution in [0.4, 0.5) is 5.82 Å². The third-order valence-electron chi connectivity index (χ3n) is 4.18. The summed E-state index contributed by atoms with van der Waals surface area (Å²) in [7, 11) is 0. The van der Waals surface area contributed by atoms with Gasteiger partial charge in [-0.1, -0.05) is 54.1 Å². The molecule has 2 N–H and O–H groups in total. The molecule has 0 saturated heterocycles. The molecule has 0 fully saturated rings. The van der Waals surface area contributed by atoms with E-state index in [1.807, 2.05) is 48.5 Å². The van der Waals surface area contributed by atoms with Crippen molar-refractivity contribution in [1.82, 2.24) is 19.3 Å². The minimum Gasteiger partial charge on any atom is -0.383 e. The molecule has 4 rings (SSSR count). The fourth-order valence-electron chi connectivity index (χ4n) is 2.90. The van der Waals surface area contributed by atoms with Gasteiger partial charge in [0.1, 0.15) is 17.5 Å². The average Bonchev–Trinajstić information content (AvgIpc) is 2.95. The van der Waals surface area contributed by atoms with Crippen LogP contribution in [0.1, 0.15) is 11.1 Å². The first-order valence-corrected chi connectivity index (χ1v) is 8.49. The quantitative estimate of drug-likeness (QED) is 0.603. The molecule has 4 aromatic rings. The van der Waals surface area contributed by atoms with Crippen molar-refractivity contribution in [2.45, 2.75) is 13.1 Å². The topological polar surface area (TPSA) is 78.7 Å². The number of aromatic nitrogens is 4. The summed E-state index contributed by atoms with van der Waals surface area (Å²) in [6.07, 6.45) is 1.49. The number of anilines is 1. The summed E-state index contributed by atoms with van der Waals surface area (Å²) >= 11 is 6.02. The van der Waals surface area contributed by atoms with Gasteiger partial charge < -0.3 is 5.73 Å². The second-order valence-corrected chi connectivity index (χ2v) is 6.47. The van der Waals surface area contributed by atoms with E-state index in [9.17, 15) is 4.79 Å². The van der Waals surface area contributed by atoms with E-state index >= 15 is 0 Å². The van der Waals surface area contributed by atoms with Crippen LogP contribution >= 0.6 is 11.6 Å². The summed E-state index contributed by atoms with van der Waals surface area (Å²) in [5.41, 5.74) is 8.30. The van der Waals surface area contributed by atoms with Crippen LogP contribution in [0.5, 0.6) is 0 Å². The SMILES string of the molecule is Nc1c2c(=O)n(Cc3cccc(Cl)c3)cnc2nn1Cc1ccccc1. The molecule has 0 radical (unpaired) electrons. The number of nitrogens with zero attached hydrogens (tertiary/aromatic N) is 4. The van der Waals surface area contributed by atoms with E-state index in [-0.39, 0.29) is 5.56 Å². The van der Waals surface area contributed by atoms with E-state index in [0.717, 1.165) is 11.1 Å². The Morgan fingerprint density at radius 1 is 1.00 bits per heavy atom. The van der Waals surface area contributed by atoms with Crippen LogP contribution in [-0.2, 0) is 13.1 Å². The van der Waals surface area contributed by atoms with Crippen LogP contribution in [0.2, 0.25) is 5.02 Å². The van der Waals surface area contributed by atoms with E-state index in [2.05, 4.69) is 10.1 Å². The van der Waals surface area contributed by atoms with Crippen LogP contribution in [0.15, 0.2) is 65.7 Å². The minimum atomic E-state index is -0.216. The molecule has 26 heavy (non-hydrogen) atoms. The Kier molecular flexibility index (Phi) is 4.18. The second kappa shape index (κ2) is 6.65. The predicted octanol–water partition coefficient (Wildman–Crippen LogP) is 2.93. The van der Waals surface area contributed by atoms with Crippen molar-refractivity contribution in [3.05, 3.63) is 87.4 Å². The van der Waals surface area contributed by atoms with Gasteiger partial charge in [0.15, 0.2) is 5.65 Å². The lowest BCUT2D eigenvalue weighted by Gasteiger charge is -2.06. The number of hydrogen-bond donors (Lipinski definition) is 1. The molecule has 0 aliphatic heterocycles. The van der Waals surface area contributed by atoms with Gasteiger partial charge in [0.25, 0.3) is 5.56 Å².